The van der Waals surface area contributed by atoms with E-state index in [1.165, 1.54) is 59.3 Å². The molecule has 0 aliphatic carbocycles. The van der Waals surface area contributed by atoms with Crippen molar-refractivity contribution >= 4 is 95.1 Å². The Morgan fingerprint density at radius 1 is 0.500 bits per heavy atom. The summed E-state index contributed by atoms with van der Waals surface area (Å²) in [5.74, 6) is -2.08. The van der Waals surface area contributed by atoms with Crippen molar-refractivity contribution in [2.75, 3.05) is 0 Å². The third-order valence-electron chi connectivity index (χ3n) is 6.53. The van der Waals surface area contributed by atoms with E-state index in [0.717, 1.165) is 29.6 Å². The fourth-order valence-electron chi connectivity index (χ4n) is 4.79. The number of nitrogens with zero attached hydrogens (tertiary/aromatic N) is 2. The summed E-state index contributed by atoms with van der Waals surface area (Å²) >= 11 is 5.45. The van der Waals surface area contributed by atoms with Crippen LogP contribution in [0.5, 0.6) is 0 Å². The summed E-state index contributed by atoms with van der Waals surface area (Å²) in [5, 5.41) is 2.83. The Morgan fingerprint density at radius 2 is 0.895 bits per heavy atom. The fourth-order valence-corrected chi connectivity index (χ4v) is 9.67. The minimum absolute atomic E-state index is 0.00798. The van der Waals surface area contributed by atoms with Gasteiger partial charge in [0.1, 0.15) is 23.0 Å². The number of thiophene rings is 4. The zero-order valence-electron chi connectivity index (χ0n) is 18.8. The van der Waals surface area contributed by atoms with Gasteiger partial charge in [-0.05, 0) is 48.5 Å². The molecule has 0 radical (unpaired) electrons. The monoisotopic (exact) mass is 578 g/mol. The van der Waals surface area contributed by atoms with Gasteiger partial charge in [0.15, 0.2) is 11.6 Å². The quantitative estimate of drug-likeness (QED) is 0.191. The summed E-state index contributed by atoms with van der Waals surface area (Å²) in [6.07, 6.45) is 2.90. The second kappa shape index (κ2) is 8.03. The number of hydrogen-bond acceptors (Lipinski definition) is 6. The summed E-state index contributed by atoms with van der Waals surface area (Å²) < 4.78 is 64.7. The molecule has 6 heterocycles. The van der Waals surface area contributed by atoms with E-state index in [2.05, 4.69) is 9.97 Å². The van der Waals surface area contributed by atoms with Crippen LogP contribution < -0.4 is 0 Å². The van der Waals surface area contributed by atoms with Crippen LogP contribution in [-0.2, 0) is 0 Å². The van der Waals surface area contributed by atoms with E-state index in [-0.39, 0.29) is 21.1 Å². The summed E-state index contributed by atoms with van der Waals surface area (Å²) in [7, 11) is 0. The minimum atomic E-state index is -0.562. The average molecular weight is 579 g/mol. The van der Waals surface area contributed by atoms with E-state index < -0.39 is 23.3 Å². The van der Waals surface area contributed by atoms with E-state index >= 15 is 8.78 Å². The molecule has 0 bridgehead atoms. The molecule has 0 saturated carbocycles. The second-order valence-corrected chi connectivity index (χ2v) is 12.9. The predicted molar refractivity (Wildman–Crippen MR) is 152 cm³/mol. The molecular weight excluding hydrogens is 569 g/mol. The minimum Gasteiger partial charge on any atom is -0.252 e. The van der Waals surface area contributed by atoms with Gasteiger partial charge in [0.2, 0.25) is 0 Å². The summed E-state index contributed by atoms with van der Waals surface area (Å²) in [6.45, 7) is 0. The maximum atomic E-state index is 15.4. The van der Waals surface area contributed by atoms with Gasteiger partial charge in [0.05, 0.1) is 19.2 Å². The van der Waals surface area contributed by atoms with Crippen LogP contribution in [0.15, 0.2) is 60.9 Å². The molecule has 0 aliphatic heterocycles. The number of aromatic nitrogens is 2. The van der Waals surface area contributed by atoms with Gasteiger partial charge in [-0.15, -0.1) is 45.3 Å². The normalized spacial score (nSPS) is 12.2. The van der Waals surface area contributed by atoms with Crippen LogP contribution in [0.4, 0.5) is 17.6 Å². The lowest BCUT2D eigenvalue weighted by molar-refractivity contribution is 0.618. The molecule has 38 heavy (non-hydrogen) atoms. The lowest BCUT2D eigenvalue weighted by Gasteiger charge is -1.97. The Kier molecular flexibility index (Phi) is 4.76. The molecule has 6 aromatic heterocycles. The SMILES string of the molecule is Fc1cccnc1-c1sc2cc3c(cc2c1F)sc1c2cc4sc(-c5ncccc5F)c(F)c4cc2sc31. The van der Waals surface area contributed by atoms with Crippen molar-refractivity contribution in [3.63, 3.8) is 0 Å². The molecule has 8 rings (SSSR count). The molecule has 2 aromatic carbocycles. The molecule has 0 saturated heterocycles. The van der Waals surface area contributed by atoms with Crippen molar-refractivity contribution in [2.45, 2.75) is 0 Å². The third kappa shape index (κ3) is 3.08. The summed E-state index contributed by atoms with van der Waals surface area (Å²) in [4.78, 5) is 8.45. The molecule has 0 aliphatic rings. The van der Waals surface area contributed by atoms with Crippen molar-refractivity contribution < 1.29 is 17.6 Å². The van der Waals surface area contributed by atoms with Crippen molar-refractivity contribution in [3.8, 4) is 21.1 Å². The summed E-state index contributed by atoms with van der Waals surface area (Å²) in [5.41, 5.74) is 0.0160. The van der Waals surface area contributed by atoms with Crippen LogP contribution in [0.2, 0.25) is 0 Å². The zero-order chi connectivity index (χ0) is 25.7. The van der Waals surface area contributed by atoms with Crippen molar-refractivity contribution in [2.24, 2.45) is 0 Å². The van der Waals surface area contributed by atoms with E-state index in [4.69, 9.17) is 0 Å². The van der Waals surface area contributed by atoms with Crippen molar-refractivity contribution in [1.82, 2.24) is 9.97 Å². The Balaban J connectivity index is 1.34. The maximum absolute atomic E-state index is 15.4. The highest BCUT2D eigenvalue weighted by molar-refractivity contribution is 7.37. The number of hydrogen-bond donors (Lipinski definition) is 0. The zero-order valence-corrected chi connectivity index (χ0v) is 22.1. The van der Waals surface area contributed by atoms with Gasteiger partial charge in [-0.2, -0.15) is 0 Å². The second-order valence-electron chi connectivity index (χ2n) is 8.71. The van der Waals surface area contributed by atoms with Crippen LogP contribution >= 0.6 is 45.3 Å². The van der Waals surface area contributed by atoms with Crippen LogP contribution in [-0.4, -0.2) is 9.97 Å². The molecule has 0 spiro atoms. The highest BCUT2D eigenvalue weighted by atomic mass is 32.1. The highest BCUT2D eigenvalue weighted by Crippen LogP contribution is 2.49. The van der Waals surface area contributed by atoms with Crippen LogP contribution in [0, 0.1) is 23.3 Å². The van der Waals surface area contributed by atoms with Crippen LogP contribution in [0.25, 0.3) is 70.9 Å². The Bertz CT molecular complexity index is 2100. The first-order valence-corrected chi connectivity index (χ1v) is 14.6. The van der Waals surface area contributed by atoms with E-state index in [1.807, 2.05) is 24.3 Å². The number of fused-ring (bicyclic) bond motifs is 7. The molecule has 2 nitrogen and oxygen atoms in total. The molecule has 0 N–H and O–H groups in total. The van der Waals surface area contributed by atoms with Crippen LogP contribution in [0.3, 0.4) is 0 Å². The van der Waals surface area contributed by atoms with E-state index in [0.29, 0.717) is 20.2 Å². The van der Waals surface area contributed by atoms with Gasteiger partial charge in [-0.3, -0.25) is 9.97 Å². The molecule has 0 fully saturated rings. The first kappa shape index (κ1) is 22.5. The third-order valence-corrected chi connectivity index (χ3v) is 11.3. The van der Waals surface area contributed by atoms with Gasteiger partial charge in [-0.1, -0.05) is 0 Å². The fraction of sp³-hybridized carbons (Fsp3) is 0. The Hall–Kier alpha value is -3.44. The molecule has 8 aromatic rings. The van der Waals surface area contributed by atoms with Gasteiger partial charge >= 0.3 is 0 Å². The maximum Gasteiger partial charge on any atom is 0.151 e. The van der Waals surface area contributed by atoms with Gasteiger partial charge in [-0.25, -0.2) is 17.6 Å². The van der Waals surface area contributed by atoms with Crippen molar-refractivity contribution in [3.05, 3.63) is 84.2 Å². The Labute approximate surface area is 227 Å². The predicted octanol–water partition coefficient (Wildman–Crippen LogP) is 10.4. The Morgan fingerprint density at radius 3 is 1.32 bits per heavy atom. The largest absolute Gasteiger partial charge is 0.252 e. The topological polar surface area (TPSA) is 25.8 Å². The molecule has 0 amide bonds. The standard InChI is InChI=1S/C28H10F4N2S4/c29-15-3-1-5-33-23(15)27-21(31)11-7-19-13(9-17(11)37-27)25-26(35-19)14-10-18-12(8-20(14)36-25)22(32)28(38-18)24-16(30)4-2-6-34-24/h1-10H. The average Bonchev–Trinajstić information content (AvgIpc) is 3.63. The number of benzene rings is 2. The first-order chi connectivity index (χ1) is 18.5. The van der Waals surface area contributed by atoms with Crippen molar-refractivity contribution in [1.29, 1.82) is 0 Å². The number of halogens is 4. The van der Waals surface area contributed by atoms with E-state index in [1.54, 1.807) is 22.7 Å². The van der Waals surface area contributed by atoms with Gasteiger partial charge in [0, 0.05) is 52.7 Å². The molecule has 0 unspecified atom stereocenters. The van der Waals surface area contributed by atoms with E-state index in [9.17, 15) is 8.78 Å². The lowest BCUT2D eigenvalue weighted by Crippen LogP contribution is -1.87. The molecule has 184 valence electrons. The molecular formula is C28H10F4N2S4. The van der Waals surface area contributed by atoms with Crippen LogP contribution in [0.1, 0.15) is 0 Å². The number of rotatable bonds is 2. The number of pyridine rings is 2. The highest BCUT2D eigenvalue weighted by Gasteiger charge is 2.23. The molecule has 10 heteroatoms. The summed E-state index contributed by atoms with van der Waals surface area (Å²) in [6, 6.07) is 13.0. The lowest BCUT2D eigenvalue weighted by atomic mass is 10.1. The van der Waals surface area contributed by atoms with Gasteiger partial charge in [0.25, 0.3) is 0 Å². The smallest absolute Gasteiger partial charge is 0.151 e. The first-order valence-electron chi connectivity index (χ1n) is 11.3. The molecule has 0 atom stereocenters. The van der Waals surface area contributed by atoms with Gasteiger partial charge < -0.3 is 0 Å².